The fraction of sp³-hybridized carbons (Fsp3) is 0.438. The average Bonchev–Trinajstić information content (AvgIpc) is 2.88. The van der Waals surface area contributed by atoms with Crippen LogP contribution in [0.15, 0.2) is 36.5 Å². The monoisotopic (exact) mass is 274 g/mol. The number of hydrogen-bond acceptors (Lipinski definition) is 2. The van der Waals surface area contributed by atoms with Gasteiger partial charge in [0.25, 0.3) is 0 Å². The highest BCUT2D eigenvalue weighted by Gasteiger charge is 2.05. The Morgan fingerprint density at radius 2 is 2.15 bits per heavy atom. The first-order valence-electron chi connectivity index (χ1n) is 7.19. The van der Waals surface area contributed by atoms with E-state index in [9.17, 15) is 9.90 Å². The van der Waals surface area contributed by atoms with Crippen molar-refractivity contribution in [3.05, 3.63) is 36.5 Å². The van der Waals surface area contributed by atoms with Crippen LogP contribution in [0.2, 0.25) is 0 Å². The van der Waals surface area contributed by atoms with E-state index in [-0.39, 0.29) is 12.0 Å². The molecular weight excluding hydrogens is 252 g/mol. The van der Waals surface area contributed by atoms with Crippen LogP contribution in [0.5, 0.6) is 0 Å². The highest BCUT2D eigenvalue weighted by atomic mass is 16.3. The molecule has 0 bridgehead atoms. The molecule has 2 N–H and O–H groups in total. The summed E-state index contributed by atoms with van der Waals surface area (Å²) in [5.41, 5.74) is 1.15. The summed E-state index contributed by atoms with van der Waals surface area (Å²) in [6, 6.07) is 10.2. The minimum atomic E-state index is -0.316. The number of aliphatic hydroxyl groups is 1. The third kappa shape index (κ3) is 3.84. The lowest BCUT2D eigenvalue weighted by molar-refractivity contribution is -0.121. The van der Waals surface area contributed by atoms with Crippen LogP contribution in [0, 0.1) is 0 Å². The summed E-state index contributed by atoms with van der Waals surface area (Å²) in [5.74, 6) is 0.0334. The molecule has 1 heterocycles. The number of nitrogens with one attached hydrogen (secondary N) is 1. The van der Waals surface area contributed by atoms with E-state index in [4.69, 9.17) is 0 Å². The lowest BCUT2D eigenvalue weighted by Gasteiger charge is -2.09. The molecule has 0 saturated heterocycles. The standard InChI is InChI=1S/C16H22N2O2/c1-2-14(19)7-10-17-16(20)9-12-18-11-8-13-5-3-4-6-15(13)18/h3-6,8,11,14,19H,2,7,9-10,12H2,1H3,(H,17,20). The Labute approximate surface area is 119 Å². The van der Waals surface area contributed by atoms with Crippen molar-refractivity contribution in [2.75, 3.05) is 6.54 Å². The van der Waals surface area contributed by atoms with Crippen LogP contribution in [0.4, 0.5) is 0 Å². The van der Waals surface area contributed by atoms with Gasteiger partial charge in [0.15, 0.2) is 0 Å². The molecule has 0 spiro atoms. The Kier molecular flexibility index (Phi) is 5.18. The maximum atomic E-state index is 11.7. The van der Waals surface area contributed by atoms with Crippen molar-refractivity contribution >= 4 is 16.8 Å². The van der Waals surface area contributed by atoms with Crippen molar-refractivity contribution in [1.29, 1.82) is 0 Å². The Hall–Kier alpha value is -1.81. The Balaban J connectivity index is 1.79. The molecule has 4 nitrogen and oxygen atoms in total. The fourth-order valence-electron chi connectivity index (χ4n) is 2.23. The van der Waals surface area contributed by atoms with Gasteiger partial charge in [-0.2, -0.15) is 0 Å². The second kappa shape index (κ2) is 7.10. The molecular formula is C16H22N2O2. The van der Waals surface area contributed by atoms with Gasteiger partial charge < -0.3 is 15.0 Å². The van der Waals surface area contributed by atoms with E-state index in [1.54, 1.807) is 0 Å². The lowest BCUT2D eigenvalue weighted by atomic mass is 10.2. The molecule has 0 aliphatic carbocycles. The molecule has 1 aromatic heterocycles. The second-order valence-corrected chi connectivity index (χ2v) is 5.02. The van der Waals surface area contributed by atoms with Gasteiger partial charge in [0.2, 0.25) is 5.91 Å². The number of para-hydroxylation sites is 1. The smallest absolute Gasteiger partial charge is 0.221 e. The van der Waals surface area contributed by atoms with E-state index in [0.29, 0.717) is 25.9 Å². The summed E-state index contributed by atoms with van der Waals surface area (Å²) in [6.45, 7) is 3.15. The number of nitrogens with zero attached hydrogens (tertiary/aromatic N) is 1. The summed E-state index contributed by atoms with van der Waals surface area (Å²) in [4.78, 5) is 11.7. The first-order valence-corrected chi connectivity index (χ1v) is 7.19. The normalized spacial score (nSPS) is 12.5. The molecule has 0 saturated carbocycles. The Morgan fingerprint density at radius 1 is 1.35 bits per heavy atom. The van der Waals surface area contributed by atoms with Gasteiger partial charge in [-0.1, -0.05) is 25.1 Å². The molecule has 1 unspecified atom stereocenters. The third-order valence-electron chi connectivity index (χ3n) is 3.53. The molecule has 1 atom stereocenters. The number of aromatic nitrogens is 1. The van der Waals surface area contributed by atoms with Crippen molar-refractivity contribution in [2.24, 2.45) is 0 Å². The van der Waals surface area contributed by atoms with Crippen LogP contribution in [0.3, 0.4) is 0 Å². The van der Waals surface area contributed by atoms with E-state index in [1.165, 1.54) is 5.39 Å². The number of benzene rings is 1. The van der Waals surface area contributed by atoms with Gasteiger partial charge in [-0.3, -0.25) is 4.79 Å². The predicted octanol–water partition coefficient (Wildman–Crippen LogP) is 2.31. The van der Waals surface area contributed by atoms with Crippen molar-refractivity contribution in [3.63, 3.8) is 0 Å². The highest BCUT2D eigenvalue weighted by molar-refractivity contribution is 5.80. The first-order chi connectivity index (χ1) is 9.70. The highest BCUT2D eigenvalue weighted by Crippen LogP contribution is 2.15. The second-order valence-electron chi connectivity index (χ2n) is 5.02. The van der Waals surface area contributed by atoms with Gasteiger partial charge in [-0.25, -0.2) is 0 Å². The molecule has 0 radical (unpaired) electrons. The molecule has 0 fully saturated rings. The van der Waals surface area contributed by atoms with Crippen LogP contribution in [-0.2, 0) is 11.3 Å². The summed E-state index contributed by atoms with van der Waals surface area (Å²) in [6.07, 6.45) is 3.50. The number of aryl methyl sites for hydroxylation is 1. The first kappa shape index (κ1) is 14.6. The van der Waals surface area contributed by atoms with Crippen LogP contribution in [0.25, 0.3) is 10.9 Å². The molecule has 1 amide bonds. The maximum absolute atomic E-state index is 11.7. The van der Waals surface area contributed by atoms with Crippen LogP contribution < -0.4 is 5.32 Å². The largest absolute Gasteiger partial charge is 0.393 e. The van der Waals surface area contributed by atoms with Gasteiger partial charge >= 0.3 is 0 Å². The minimum Gasteiger partial charge on any atom is -0.393 e. The number of hydrogen-bond donors (Lipinski definition) is 2. The molecule has 20 heavy (non-hydrogen) atoms. The summed E-state index contributed by atoms with van der Waals surface area (Å²) < 4.78 is 2.09. The Bertz CT molecular complexity index is 562. The molecule has 0 aliphatic heterocycles. The van der Waals surface area contributed by atoms with E-state index in [2.05, 4.69) is 28.1 Å². The zero-order chi connectivity index (χ0) is 14.4. The van der Waals surface area contributed by atoms with E-state index in [1.807, 2.05) is 25.3 Å². The summed E-state index contributed by atoms with van der Waals surface area (Å²) in [5, 5.41) is 13.5. The van der Waals surface area contributed by atoms with E-state index < -0.39 is 0 Å². The topological polar surface area (TPSA) is 54.3 Å². The van der Waals surface area contributed by atoms with Crippen molar-refractivity contribution in [1.82, 2.24) is 9.88 Å². The Morgan fingerprint density at radius 3 is 2.95 bits per heavy atom. The summed E-state index contributed by atoms with van der Waals surface area (Å²) in [7, 11) is 0. The van der Waals surface area contributed by atoms with Gasteiger partial charge in [0.1, 0.15) is 0 Å². The van der Waals surface area contributed by atoms with Crippen molar-refractivity contribution in [2.45, 2.75) is 38.8 Å². The molecule has 4 heteroatoms. The zero-order valence-corrected chi connectivity index (χ0v) is 11.9. The van der Waals surface area contributed by atoms with E-state index in [0.717, 1.165) is 11.9 Å². The molecule has 2 aromatic rings. The van der Waals surface area contributed by atoms with Gasteiger partial charge in [0.05, 0.1) is 6.10 Å². The zero-order valence-electron chi connectivity index (χ0n) is 11.9. The van der Waals surface area contributed by atoms with Gasteiger partial charge in [0, 0.05) is 31.2 Å². The minimum absolute atomic E-state index is 0.0334. The van der Waals surface area contributed by atoms with E-state index >= 15 is 0 Å². The molecule has 1 aromatic carbocycles. The number of rotatable bonds is 7. The van der Waals surface area contributed by atoms with Crippen LogP contribution in [-0.4, -0.2) is 28.2 Å². The number of aliphatic hydroxyl groups excluding tert-OH is 1. The predicted molar refractivity (Wildman–Crippen MR) is 80.5 cm³/mol. The summed E-state index contributed by atoms with van der Waals surface area (Å²) >= 11 is 0. The third-order valence-corrected chi connectivity index (χ3v) is 3.53. The number of amides is 1. The average molecular weight is 274 g/mol. The molecule has 2 rings (SSSR count). The van der Waals surface area contributed by atoms with Gasteiger partial charge in [-0.15, -0.1) is 0 Å². The molecule has 0 aliphatic rings. The molecule has 108 valence electrons. The van der Waals surface area contributed by atoms with Crippen molar-refractivity contribution < 1.29 is 9.90 Å². The number of fused-ring (bicyclic) bond motifs is 1. The van der Waals surface area contributed by atoms with Gasteiger partial charge in [-0.05, 0) is 30.4 Å². The van der Waals surface area contributed by atoms with Crippen molar-refractivity contribution in [3.8, 4) is 0 Å². The van der Waals surface area contributed by atoms with Crippen LogP contribution >= 0.6 is 0 Å². The number of carbonyl (C=O) groups excluding carboxylic acids is 1. The lowest BCUT2D eigenvalue weighted by Crippen LogP contribution is -2.27. The number of carbonyl (C=O) groups is 1. The SMILES string of the molecule is CCC(O)CCNC(=O)CCn1ccc2ccccc21. The van der Waals surface area contributed by atoms with Crippen LogP contribution in [0.1, 0.15) is 26.2 Å². The maximum Gasteiger partial charge on any atom is 0.221 e. The quantitative estimate of drug-likeness (QED) is 0.814. The fourth-order valence-corrected chi connectivity index (χ4v) is 2.23.